The standard InChI is InChI=1S/C64H48S/c1-64(2)59-38-45(41-12-4-3-5-13-41)31-34-52(59)53-35-32-46(39-60(53)64)47(33-24-40-22-25-44(26-23-40)49-17-10-20-58-54-16-8-9-21-61(54)65-63(49)58)42-27-29-43(30-28-42)48-36-37-57-51-15-7-6-14-50(51)56-19-11-18-55(48)62(56)57/h3-23,25,27-32,34-39,44,47H,24,26,33H2,1-2H3. The third-order valence-corrected chi connectivity index (χ3v) is 16.3. The molecular formula is C64H48S. The third-order valence-electron chi connectivity index (χ3n) is 15.1. The zero-order valence-corrected chi connectivity index (χ0v) is 37.6. The van der Waals surface area contributed by atoms with Gasteiger partial charge >= 0.3 is 0 Å². The molecule has 65 heavy (non-hydrogen) atoms. The first-order valence-electron chi connectivity index (χ1n) is 23.4. The molecule has 0 N–H and O–H groups in total. The summed E-state index contributed by atoms with van der Waals surface area (Å²) in [6.07, 6.45) is 10.5. The van der Waals surface area contributed by atoms with Crippen LogP contribution in [0.15, 0.2) is 212 Å². The van der Waals surface area contributed by atoms with Crippen LogP contribution in [0, 0.1) is 0 Å². The highest BCUT2D eigenvalue weighted by Gasteiger charge is 2.36. The van der Waals surface area contributed by atoms with Gasteiger partial charge in [0.1, 0.15) is 0 Å². The summed E-state index contributed by atoms with van der Waals surface area (Å²) in [4.78, 5) is 0. The van der Waals surface area contributed by atoms with Crippen molar-refractivity contribution < 1.29 is 0 Å². The quantitative estimate of drug-likeness (QED) is 0.143. The van der Waals surface area contributed by atoms with Crippen LogP contribution in [0.1, 0.15) is 72.8 Å². The molecule has 9 aromatic carbocycles. The molecule has 3 aliphatic carbocycles. The average molecular weight is 849 g/mol. The van der Waals surface area contributed by atoms with Crippen LogP contribution in [-0.2, 0) is 5.41 Å². The van der Waals surface area contributed by atoms with Crippen molar-refractivity contribution in [1.82, 2.24) is 0 Å². The first-order chi connectivity index (χ1) is 32.0. The maximum atomic E-state index is 2.56. The Balaban J connectivity index is 0.839. The van der Waals surface area contributed by atoms with Crippen molar-refractivity contribution in [3.63, 3.8) is 0 Å². The van der Waals surface area contributed by atoms with Gasteiger partial charge in [0.15, 0.2) is 0 Å². The lowest BCUT2D eigenvalue weighted by Gasteiger charge is -2.25. The van der Waals surface area contributed by atoms with Crippen molar-refractivity contribution in [1.29, 1.82) is 0 Å². The first-order valence-corrected chi connectivity index (χ1v) is 24.2. The summed E-state index contributed by atoms with van der Waals surface area (Å²) in [6, 6.07) is 71.1. The van der Waals surface area contributed by atoms with Crippen LogP contribution in [0.3, 0.4) is 0 Å². The maximum Gasteiger partial charge on any atom is 0.0393 e. The van der Waals surface area contributed by atoms with Gasteiger partial charge in [-0.3, -0.25) is 0 Å². The molecule has 1 aromatic heterocycles. The van der Waals surface area contributed by atoms with Crippen LogP contribution < -0.4 is 0 Å². The van der Waals surface area contributed by atoms with Crippen LogP contribution in [0.2, 0.25) is 0 Å². The lowest BCUT2D eigenvalue weighted by Crippen LogP contribution is -2.16. The highest BCUT2D eigenvalue weighted by Crippen LogP contribution is 2.52. The van der Waals surface area contributed by atoms with Crippen LogP contribution >= 0.6 is 11.3 Å². The second-order valence-electron chi connectivity index (χ2n) is 19.0. The number of hydrogen-bond acceptors (Lipinski definition) is 1. The van der Waals surface area contributed by atoms with Gasteiger partial charge in [0.25, 0.3) is 0 Å². The van der Waals surface area contributed by atoms with Crippen LogP contribution in [-0.4, -0.2) is 0 Å². The fourth-order valence-corrected chi connectivity index (χ4v) is 13.0. The highest BCUT2D eigenvalue weighted by atomic mass is 32.1. The Bertz CT molecular complexity index is 3560. The molecule has 2 atom stereocenters. The molecule has 2 unspecified atom stereocenters. The topological polar surface area (TPSA) is 0 Å². The van der Waals surface area contributed by atoms with E-state index in [1.165, 1.54) is 120 Å². The van der Waals surface area contributed by atoms with Gasteiger partial charge in [-0.2, -0.15) is 0 Å². The van der Waals surface area contributed by atoms with Crippen molar-refractivity contribution in [2.24, 2.45) is 0 Å². The Morgan fingerprint density at radius 2 is 1.14 bits per heavy atom. The van der Waals surface area contributed by atoms with E-state index in [2.05, 4.69) is 220 Å². The molecule has 3 aliphatic rings. The summed E-state index contributed by atoms with van der Waals surface area (Å²) in [5.41, 5.74) is 21.6. The summed E-state index contributed by atoms with van der Waals surface area (Å²) >= 11 is 1.94. The van der Waals surface area contributed by atoms with Gasteiger partial charge in [0, 0.05) is 37.4 Å². The Labute approximate surface area is 385 Å². The molecule has 13 rings (SSSR count). The zero-order valence-electron chi connectivity index (χ0n) is 36.8. The minimum atomic E-state index is -0.115. The molecule has 1 heterocycles. The molecule has 0 fully saturated rings. The molecule has 0 bridgehead atoms. The normalized spacial score (nSPS) is 15.8. The largest absolute Gasteiger partial charge is 0.135 e. The smallest absolute Gasteiger partial charge is 0.0393 e. The highest BCUT2D eigenvalue weighted by molar-refractivity contribution is 7.26. The molecule has 310 valence electrons. The Hall–Kier alpha value is -7.06. The van der Waals surface area contributed by atoms with E-state index in [0.29, 0.717) is 5.92 Å². The Kier molecular flexibility index (Phi) is 8.87. The Morgan fingerprint density at radius 1 is 0.508 bits per heavy atom. The number of fused-ring (bicyclic) bond motifs is 9. The van der Waals surface area contributed by atoms with E-state index in [9.17, 15) is 0 Å². The van der Waals surface area contributed by atoms with Crippen molar-refractivity contribution in [2.45, 2.75) is 50.4 Å². The predicted molar refractivity (Wildman–Crippen MR) is 278 cm³/mol. The second-order valence-corrected chi connectivity index (χ2v) is 20.1. The average Bonchev–Trinajstić information content (AvgIpc) is 3.98. The van der Waals surface area contributed by atoms with Crippen LogP contribution in [0.5, 0.6) is 0 Å². The summed E-state index contributed by atoms with van der Waals surface area (Å²) in [5.74, 6) is 0.636. The fourth-order valence-electron chi connectivity index (χ4n) is 11.7. The number of thiophene rings is 1. The summed E-state index contributed by atoms with van der Waals surface area (Å²) in [7, 11) is 0. The van der Waals surface area contributed by atoms with Crippen molar-refractivity contribution in [3.8, 4) is 55.6 Å². The minimum Gasteiger partial charge on any atom is -0.135 e. The third kappa shape index (κ3) is 6.17. The van der Waals surface area contributed by atoms with Gasteiger partial charge < -0.3 is 0 Å². The van der Waals surface area contributed by atoms with E-state index in [1.54, 1.807) is 0 Å². The van der Waals surface area contributed by atoms with E-state index < -0.39 is 0 Å². The molecular weight excluding hydrogens is 801 g/mol. The number of hydrogen-bond donors (Lipinski definition) is 0. The van der Waals surface area contributed by atoms with Crippen LogP contribution in [0.4, 0.5) is 0 Å². The monoisotopic (exact) mass is 848 g/mol. The fraction of sp³-hybridized carbons (Fsp3) is 0.125. The molecule has 0 spiro atoms. The lowest BCUT2D eigenvalue weighted by atomic mass is 9.78. The number of allylic oxidation sites excluding steroid dienone is 4. The first kappa shape index (κ1) is 38.4. The molecule has 10 aromatic rings. The summed E-state index contributed by atoms with van der Waals surface area (Å²) in [5, 5.41) is 5.46. The van der Waals surface area contributed by atoms with Gasteiger partial charge in [-0.1, -0.05) is 214 Å². The molecule has 1 heteroatoms. The number of benzene rings is 9. The molecule has 0 saturated carbocycles. The maximum absolute atomic E-state index is 2.56. The van der Waals surface area contributed by atoms with Gasteiger partial charge in [-0.25, -0.2) is 0 Å². The predicted octanol–water partition coefficient (Wildman–Crippen LogP) is 18.1. The molecule has 0 aliphatic heterocycles. The van der Waals surface area contributed by atoms with Gasteiger partial charge in [0.05, 0.1) is 0 Å². The summed E-state index contributed by atoms with van der Waals surface area (Å²) in [6.45, 7) is 4.84. The van der Waals surface area contributed by atoms with E-state index in [4.69, 9.17) is 0 Å². The van der Waals surface area contributed by atoms with Crippen molar-refractivity contribution >= 4 is 42.3 Å². The molecule has 0 amide bonds. The van der Waals surface area contributed by atoms with Crippen molar-refractivity contribution in [2.75, 3.05) is 0 Å². The lowest BCUT2D eigenvalue weighted by molar-refractivity contribution is 0.654. The molecule has 0 nitrogen and oxygen atoms in total. The van der Waals surface area contributed by atoms with E-state index >= 15 is 0 Å². The molecule has 0 radical (unpaired) electrons. The summed E-state index contributed by atoms with van der Waals surface area (Å²) < 4.78 is 2.81. The number of rotatable bonds is 8. The SMILES string of the molecule is CC1(C)c2cc(-c3ccccc3)ccc2-c2ccc(C(CCC3=CCC(c4cccc5c4sc4ccccc45)C=C3)c3ccc(-c4ccc5c6c(cccc46)-c4ccccc4-5)cc3)cc21. The van der Waals surface area contributed by atoms with E-state index in [0.717, 1.165) is 19.3 Å². The minimum absolute atomic E-state index is 0.115. The van der Waals surface area contributed by atoms with E-state index in [1.807, 2.05) is 11.3 Å². The van der Waals surface area contributed by atoms with Gasteiger partial charge in [0.2, 0.25) is 0 Å². The van der Waals surface area contributed by atoms with Gasteiger partial charge in [-0.15, -0.1) is 11.3 Å². The Morgan fingerprint density at radius 3 is 1.95 bits per heavy atom. The van der Waals surface area contributed by atoms with Crippen molar-refractivity contribution in [3.05, 3.63) is 240 Å². The van der Waals surface area contributed by atoms with Gasteiger partial charge in [-0.05, 0) is 126 Å². The molecule has 0 saturated heterocycles. The van der Waals surface area contributed by atoms with Crippen LogP contribution in [0.25, 0.3) is 86.6 Å². The second kappa shape index (κ2) is 15.0. The zero-order chi connectivity index (χ0) is 43.2. The van der Waals surface area contributed by atoms with E-state index in [-0.39, 0.29) is 11.3 Å².